The van der Waals surface area contributed by atoms with Crippen molar-refractivity contribution in [3.8, 4) is 5.75 Å². The zero-order valence-electron chi connectivity index (χ0n) is 11.4. The number of rotatable bonds is 3. The van der Waals surface area contributed by atoms with Gasteiger partial charge in [0.05, 0.1) is 12.7 Å². The van der Waals surface area contributed by atoms with Crippen LogP contribution in [-0.2, 0) is 12.8 Å². The second-order valence-corrected chi connectivity index (χ2v) is 6.54. The van der Waals surface area contributed by atoms with E-state index in [1.165, 1.54) is 12.0 Å². The lowest BCUT2D eigenvalue weighted by atomic mass is 9.93. The van der Waals surface area contributed by atoms with Gasteiger partial charge in [-0.3, -0.25) is 0 Å². The Morgan fingerprint density at radius 3 is 3.00 bits per heavy atom. The van der Waals surface area contributed by atoms with Gasteiger partial charge in [-0.15, -0.1) is 0 Å². The Balaban J connectivity index is 1.76. The van der Waals surface area contributed by atoms with Crippen LogP contribution in [-0.4, -0.2) is 17.8 Å². The summed E-state index contributed by atoms with van der Waals surface area (Å²) in [5.41, 5.74) is 2.27. The molecule has 1 aliphatic carbocycles. The molecule has 3 heteroatoms. The van der Waals surface area contributed by atoms with Crippen molar-refractivity contribution in [2.45, 2.75) is 45.1 Å². The van der Waals surface area contributed by atoms with E-state index in [1.807, 2.05) is 12.1 Å². The van der Waals surface area contributed by atoms with Gasteiger partial charge in [0.1, 0.15) is 5.75 Å². The van der Waals surface area contributed by atoms with Crippen molar-refractivity contribution in [2.24, 2.45) is 11.8 Å². The van der Waals surface area contributed by atoms with Crippen molar-refractivity contribution in [1.82, 2.24) is 0 Å². The fraction of sp³-hybridized carbons (Fsp3) is 0.625. The summed E-state index contributed by atoms with van der Waals surface area (Å²) in [6.45, 7) is 3.01. The van der Waals surface area contributed by atoms with E-state index in [0.717, 1.165) is 48.1 Å². The fourth-order valence-electron chi connectivity index (χ4n) is 3.49. The molecule has 1 N–H and O–H groups in total. The third-order valence-electron chi connectivity index (χ3n) is 4.53. The zero-order valence-corrected chi connectivity index (χ0v) is 12.1. The minimum Gasteiger partial charge on any atom is -0.493 e. The molecule has 1 saturated carbocycles. The van der Waals surface area contributed by atoms with E-state index in [1.54, 1.807) is 0 Å². The third kappa shape index (κ3) is 2.75. The maximum absolute atomic E-state index is 10.4. The Morgan fingerprint density at radius 2 is 2.26 bits per heavy atom. The summed E-state index contributed by atoms with van der Waals surface area (Å²) >= 11 is 6.16. The average Bonchev–Trinajstić information content (AvgIpc) is 2.97. The molecule has 3 rings (SSSR count). The molecule has 2 aliphatic rings. The molecule has 3 atom stereocenters. The van der Waals surface area contributed by atoms with Crippen LogP contribution in [0.1, 0.15) is 37.3 Å². The molecule has 1 aromatic carbocycles. The summed E-state index contributed by atoms with van der Waals surface area (Å²) in [7, 11) is 0. The highest BCUT2D eigenvalue weighted by atomic mass is 35.5. The van der Waals surface area contributed by atoms with Gasteiger partial charge in [-0.25, -0.2) is 0 Å². The van der Waals surface area contributed by atoms with Crippen molar-refractivity contribution >= 4 is 11.6 Å². The van der Waals surface area contributed by atoms with Gasteiger partial charge >= 0.3 is 0 Å². The molecule has 19 heavy (non-hydrogen) atoms. The Labute approximate surface area is 119 Å². The molecule has 2 nitrogen and oxygen atoms in total. The van der Waals surface area contributed by atoms with Gasteiger partial charge in [0, 0.05) is 17.9 Å². The van der Waals surface area contributed by atoms with Crippen molar-refractivity contribution in [3.63, 3.8) is 0 Å². The van der Waals surface area contributed by atoms with Gasteiger partial charge in [-0.2, -0.15) is 0 Å². The molecule has 0 aromatic heterocycles. The van der Waals surface area contributed by atoms with Gasteiger partial charge in [0.15, 0.2) is 0 Å². The van der Waals surface area contributed by atoms with Crippen LogP contribution >= 0.6 is 11.6 Å². The van der Waals surface area contributed by atoms with E-state index in [4.69, 9.17) is 16.3 Å². The van der Waals surface area contributed by atoms with Crippen LogP contribution in [0.2, 0.25) is 5.02 Å². The third-order valence-corrected chi connectivity index (χ3v) is 4.75. The van der Waals surface area contributed by atoms with E-state index < -0.39 is 0 Å². The normalized spacial score (nSPS) is 27.1. The monoisotopic (exact) mass is 280 g/mol. The molecular formula is C16H21ClO2. The standard InChI is InChI=1S/C16H21ClO2/c1-10-2-3-11(6-10)15(18)9-13-8-14(17)7-12-4-5-19-16(12)13/h7-8,10-11,15,18H,2-6,9H2,1H3. The first-order valence-corrected chi connectivity index (χ1v) is 7.63. The quantitative estimate of drug-likeness (QED) is 0.916. The number of halogens is 1. The van der Waals surface area contributed by atoms with Crippen LogP contribution in [0.5, 0.6) is 5.75 Å². The zero-order chi connectivity index (χ0) is 13.4. The second kappa shape index (κ2) is 5.34. The van der Waals surface area contributed by atoms with Crippen LogP contribution in [0.4, 0.5) is 0 Å². The summed E-state index contributed by atoms with van der Waals surface area (Å²) in [6.07, 6.45) is 4.86. The SMILES string of the molecule is CC1CCC(C(O)Cc2cc(Cl)cc3c2OCC3)C1. The van der Waals surface area contributed by atoms with Crippen LogP contribution in [0.25, 0.3) is 0 Å². The Bertz CT molecular complexity index is 472. The summed E-state index contributed by atoms with van der Waals surface area (Å²) in [5, 5.41) is 11.2. The van der Waals surface area contributed by atoms with Crippen LogP contribution < -0.4 is 4.74 Å². The molecule has 0 amide bonds. The highest BCUT2D eigenvalue weighted by molar-refractivity contribution is 6.30. The van der Waals surface area contributed by atoms with Crippen molar-refractivity contribution < 1.29 is 9.84 Å². The van der Waals surface area contributed by atoms with E-state index in [-0.39, 0.29) is 6.10 Å². The molecule has 0 radical (unpaired) electrons. The maximum atomic E-state index is 10.4. The molecule has 0 bridgehead atoms. The molecule has 3 unspecified atom stereocenters. The van der Waals surface area contributed by atoms with E-state index in [0.29, 0.717) is 12.3 Å². The Hall–Kier alpha value is -0.730. The summed E-state index contributed by atoms with van der Waals surface area (Å²) in [4.78, 5) is 0. The first kappa shape index (κ1) is 13.3. The maximum Gasteiger partial charge on any atom is 0.126 e. The van der Waals surface area contributed by atoms with Crippen LogP contribution in [0, 0.1) is 11.8 Å². The van der Waals surface area contributed by atoms with Crippen molar-refractivity contribution in [1.29, 1.82) is 0 Å². The Kier molecular flexibility index (Phi) is 3.72. The Morgan fingerprint density at radius 1 is 1.42 bits per heavy atom. The number of fused-ring (bicyclic) bond motifs is 1. The topological polar surface area (TPSA) is 29.5 Å². The van der Waals surface area contributed by atoms with Gasteiger partial charge in [0.2, 0.25) is 0 Å². The van der Waals surface area contributed by atoms with E-state index >= 15 is 0 Å². The molecule has 1 heterocycles. The largest absolute Gasteiger partial charge is 0.493 e. The number of aliphatic hydroxyl groups is 1. The highest BCUT2D eigenvalue weighted by Gasteiger charge is 2.29. The number of aliphatic hydroxyl groups excluding tert-OH is 1. The molecular weight excluding hydrogens is 260 g/mol. The average molecular weight is 281 g/mol. The van der Waals surface area contributed by atoms with Crippen molar-refractivity contribution in [2.75, 3.05) is 6.61 Å². The number of hydrogen-bond acceptors (Lipinski definition) is 2. The van der Waals surface area contributed by atoms with E-state index in [2.05, 4.69) is 6.92 Å². The predicted molar refractivity (Wildman–Crippen MR) is 76.9 cm³/mol. The summed E-state index contributed by atoms with van der Waals surface area (Å²) in [5.74, 6) is 2.15. The van der Waals surface area contributed by atoms with Gasteiger partial charge < -0.3 is 9.84 Å². The summed E-state index contributed by atoms with van der Waals surface area (Å²) in [6, 6.07) is 3.94. The van der Waals surface area contributed by atoms with Gasteiger partial charge in [-0.05, 0) is 47.9 Å². The lowest BCUT2D eigenvalue weighted by Gasteiger charge is -2.19. The van der Waals surface area contributed by atoms with E-state index in [9.17, 15) is 5.11 Å². The highest BCUT2D eigenvalue weighted by Crippen LogP contribution is 2.37. The lowest BCUT2D eigenvalue weighted by molar-refractivity contribution is 0.108. The van der Waals surface area contributed by atoms with Crippen LogP contribution in [0.3, 0.4) is 0 Å². The van der Waals surface area contributed by atoms with Gasteiger partial charge in [-0.1, -0.05) is 24.9 Å². The second-order valence-electron chi connectivity index (χ2n) is 6.10. The molecule has 104 valence electrons. The minimum absolute atomic E-state index is 0.267. The number of benzene rings is 1. The summed E-state index contributed by atoms with van der Waals surface area (Å²) < 4.78 is 5.70. The molecule has 0 spiro atoms. The van der Waals surface area contributed by atoms with Crippen molar-refractivity contribution in [3.05, 3.63) is 28.3 Å². The van der Waals surface area contributed by atoms with Gasteiger partial charge in [0.25, 0.3) is 0 Å². The fourth-order valence-corrected chi connectivity index (χ4v) is 3.75. The lowest BCUT2D eigenvalue weighted by Crippen LogP contribution is -2.21. The predicted octanol–water partition coefficient (Wildman–Crippen LogP) is 3.61. The molecule has 1 fully saturated rings. The first-order chi connectivity index (χ1) is 9.13. The first-order valence-electron chi connectivity index (χ1n) is 7.25. The van der Waals surface area contributed by atoms with Crippen LogP contribution in [0.15, 0.2) is 12.1 Å². The minimum atomic E-state index is -0.267. The molecule has 1 aliphatic heterocycles. The number of ether oxygens (including phenoxy) is 1. The number of hydrogen-bond donors (Lipinski definition) is 1. The molecule has 1 aromatic rings. The smallest absolute Gasteiger partial charge is 0.126 e. The molecule has 0 saturated heterocycles.